The Morgan fingerprint density at radius 3 is 2.33 bits per heavy atom. The van der Waals surface area contributed by atoms with Gasteiger partial charge in [-0.3, -0.25) is 0 Å². The Kier molecular flexibility index (Phi) is 6.14. The standard InChI is InChI=1S/C19H23Cl2N3/c1-6-23(4)12-22-18-9-14(3)19(10-13(18)2)24(5)15-7-8-16(20)17(21)11-15/h7-12H,6H2,1-5H3/b22-12-. The van der Waals surface area contributed by atoms with Crippen LogP contribution in [0.15, 0.2) is 35.3 Å². The van der Waals surface area contributed by atoms with Crippen LogP contribution in [-0.4, -0.2) is 31.9 Å². The van der Waals surface area contributed by atoms with Crippen LogP contribution < -0.4 is 4.90 Å². The van der Waals surface area contributed by atoms with E-state index in [0.717, 1.165) is 34.7 Å². The summed E-state index contributed by atoms with van der Waals surface area (Å²) in [6.07, 6.45) is 1.87. The number of hydrogen-bond donors (Lipinski definition) is 0. The maximum Gasteiger partial charge on any atom is 0.0909 e. The van der Waals surface area contributed by atoms with Gasteiger partial charge in [-0.05, 0) is 62.2 Å². The molecule has 0 atom stereocenters. The van der Waals surface area contributed by atoms with E-state index < -0.39 is 0 Å². The number of nitrogens with zero attached hydrogens (tertiary/aromatic N) is 3. The summed E-state index contributed by atoms with van der Waals surface area (Å²) in [5.74, 6) is 0. The molecule has 0 unspecified atom stereocenters. The van der Waals surface area contributed by atoms with E-state index in [9.17, 15) is 0 Å². The molecular weight excluding hydrogens is 341 g/mol. The second-order valence-electron chi connectivity index (χ2n) is 5.90. The largest absolute Gasteiger partial charge is 0.366 e. The summed E-state index contributed by atoms with van der Waals surface area (Å²) in [6, 6.07) is 9.92. The van der Waals surface area contributed by atoms with Gasteiger partial charge >= 0.3 is 0 Å². The molecule has 0 aliphatic carbocycles. The first-order valence-corrected chi connectivity index (χ1v) is 8.63. The van der Waals surface area contributed by atoms with Gasteiger partial charge in [0, 0.05) is 32.0 Å². The zero-order valence-corrected chi connectivity index (χ0v) is 16.3. The summed E-state index contributed by atoms with van der Waals surface area (Å²) in [6.45, 7) is 7.19. The van der Waals surface area contributed by atoms with Crippen LogP contribution in [0.25, 0.3) is 0 Å². The van der Waals surface area contributed by atoms with E-state index in [1.54, 1.807) is 0 Å². The Hall–Kier alpha value is -1.71. The minimum Gasteiger partial charge on any atom is -0.366 e. The van der Waals surface area contributed by atoms with Crippen molar-refractivity contribution in [2.45, 2.75) is 20.8 Å². The molecule has 0 amide bonds. The molecule has 3 nitrogen and oxygen atoms in total. The molecule has 24 heavy (non-hydrogen) atoms. The number of benzene rings is 2. The third-order valence-corrected chi connectivity index (χ3v) is 4.80. The van der Waals surface area contributed by atoms with Crippen LogP contribution in [0.4, 0.5) is 17.1 Å². The van der Waals surface area contributed by atoms with E-state index in [1.165, 1.54) is 0 Å². The summed E-state index contributed by atoms with van der Waals surface area (Å²) in [7, 11) is 4.03. The molecular formula is C19H23Cl2N3. The van der Waals surface area contributed by atoms with Crippen LogP contribution in [0.3, 0.4) is 0 Å². The van der Waals surface area contributed by atoms with E-state index >= 15 is 0 Å². The number of aliphatic imine (C=N–C) groups is 1. The van der Waals surface area contributed by atoms with Crippen LogP contribution in [0, 0.1) is 13.8 Å². The highest BCUT2D eigenvalue weighted by Crippen LogP contribution is 2.34. The highest BCUT2D eigenvalue weighted by atomic mass is 35.5. The van der Waals surface area contributed by atoms with Crippen LogP contribution >= 0.6 is 23.2 Å². The summed E-state index contributed by atoms with van der Waals surface area (Å²) >= 11 is 12.2. The lowest BCUT2D eigenvalue weighted by molar-refractivity contribution is 0.552. The fourth-order valence-corrected chi connectivity index (χ4v) is 2.65. The molecule has 0 saturated carbocycles. The fraction of sp³-hybridized carbons (Fsp3) is 0.316. The van der Waals surface area contributed by atoms with Crippen molar-refractivity contribution >= 4 is 46.6 Å². The number of aryl methyl sites for hydroxylation is 2. The van der Waals surface area contributed by atoms with Gasteiger partial charge in [0.1, 0.15) is 0 Å². The molecule has 5 heteroatoms. The second-order valence-corrected chi connectivity index (χ2v) is 6.71. The Balaban J connectivity index is 2.35. The SMILES string of the molecule is CCN(C)/C=N\c1cc(C)c(N(C)c2ccc(Cl)c(Cl)c2)cc1C. The molecule has 0 aliphatic heterocycles. The second kappa shape index (κ2) is 7.91. The number of anilines is 2. The average Bonchev–Trinajstić information content (AvgIpc) is 2.56. The van der Waals surface area contributed by atoms with Crippen LogP contribution in [0.5, 0.6) is 0 Å². The third kappa shape index (κ3) is 4.22. The van der Waals surface area contributed by atoms with Gasteiger partial charge in [0.25, 0.3) is 0 Å². The maximum absolute atomic E-state index is 6.14. The molecule has 0 spiro atoms. The lowest BCUT2D eigenvalue weighted by atomic mass is 10.1. The molecule has 0 N–H and O–H groups in total. The van der Waals surface area contributed by atoms with Gasteiger partial charge in [0.05, 0.1) is 22.1 Å². The zero-order valence-electron chi connectivity index (χ0n) is 14.8. The summed E-state index contributed by atoms with van der Waals surface area (Å²) in [4.78, 5) is 8.73. The average molecular weight is 364 g/mol. The lowest BCUT2D eigenvalue weighted by Crippen LogP contribution is -2.14. The Labute approximate surface area is 154 Å². The number of hydrogen-bond acceptors (Lipinski definition) is 2. The van der Waals surface area contributed by atoms with Gasteiger partial charge < -0.3 is 9.80 Å². The normalized spacial score (nSPS) is 11.1. The van der Waals surface area contributed by atoms with E-state index in [0.29, 0.717) is 10.0 Å². The fourth-order valence-electron chi connectivity index (χ4n) is 2.36. The molecule has 0 fully saturated rings. The topological polar surface area (TPSA) is 18.8 Å². The van der Waals surface area contributed by atoms with Gasteiger partial charge in [0.15, 0.2) is 0 Å². The van der Waals surface area contributed by atoms with Gasteiger partial charge in [-0.15, -0.1) is 0 Å². The third-order valence-electron chi connectivity index (χ3n) is 4.06. The predicted molar refractivity (Wildman–Crippen MR) is 107 cm³/mol. The predicted octanol–water partition coefficient (Wildman–Crippen LogP) is 5.99. The maximum atomic E-state index is 6.14. The molecule has 128 valence electrons. The minimum absolute atomic E-state index is 0.555. The van der Waals surface area contributed by atoms with Gasteiger partial charge in [-0.25, -0.2) is 4.99 Å². The molecule has 0 saturated heterocycles. The van der Waals surface area contributed by atoms with Crippen molar-refractivity contribution in [1.29, 1.82) is 0 Å². The van der Waals surface area contributed by atoms with E-state index in [1.807, 2.05) is 43.5 Å². The van der Waals surface area contributed by atoms with Crippen molar-refractivity contribution in [3.8, 4) is 0 Å². The molecule has 2 aromatic rings. The molecule has 2 aromatic carbocycles. The highest BCUT2D eigenvalue weighted by Gasteiger charge is 2.11. The van der Waals surface area contributed by atoms with Crippen molar-refractivity contribution in [2.24, 2.45) is 4.99 Å². The monoisotopic (exact) mass is 363 g/mol. The molecule has 0 aromatic heterocycles. The summed E-state index contributed by atoms with van der Waals surface area (Å²) in [5.41, 5.74) is 5.38. The molecule has 0 aliphatic rings. The molecule has 0 bridgehead atoms. The number of rotatable bonds is 5. The zero-order chi connectivity index (χ0) is 17.9. The van der Waals surface area contributed by atoms with Crippen LogP contribution in [0.1, 0.15) is 18.1 Å². The highest BCUT2D eigenvalue weighted by molar-refractivity contribution is 6.42. The van der Waals surface area contributed by atoms with Gasteiger partial charge in [0.2, 0.25) is 0 Å². The Bertz CT molecular complexity index is 757. The van der Waals surface area contributed by atoms with Crippen LogP contribution in [-0.2, 0) is 0 Å². The first-order chi connectivity index (χ1) is 11.3. The molecule has 2 rings (SSSR count). The number of halogens is 2. The van der Waals surface area contributed by atoms with E-state index in [-0.39, 0.29) is 0 Å². The van der Waals surface area contributed by atoms with Crippen LogP contribution in [0.2, 0.25) is 10.0 Å². The smallest absolute Gasteiger partial charge is 0.0909 e. The quantitative estimate of drug-likeness (QED) is 0.479. The minimum atomic E-state index is 0.555. The molecule has 0 heterocycles. The van der Waals surface area contributed by atoms with E-state index in [2.05, 4.69) is 42.8 Å². The first kappa shape index (κ1) is 18.6. The Morgan fingerprint density at radius 1 is 1.00 bits per heavy atom. The lowest BCUT2D eigenvalue weighted by Gasteiger charge is -2.23. The van der Waals surface area contributed by atoms with E-state index in [4.69, 9.17) is 23.2 Å². The van der Waals surface area contributed by atoms with Crippen molar-refractivity contribution in [2.75, 3.05) is 25.5 Å². The van der Waals surface area contributed by atoms with Gasteiger partial charge in [-0.1, -0.05) is 23.2 Å². The molecule has 0 radical (unpaired) electrons. The first-order valence-electron chi connectivity index (χ1n) is 7.88. The Morgan fingerprint density at radius 2 is 1.71 bits per heavy atom. The summed E-state index contributed by atoms with van der Waals surface area (Å²) in [5, 5.41) is 1.12. The summed E-state index contributed by atoms with van der Waals surface area (Å²) < 4.78 is 0. The van der Waals surface area contributed by atoms with Crippen molar-refractivity contribution in [1.82, 2.24) is 4.90 Å². The van der Waals surface area contributed by atoms with Crippen molar-refractivity contribution in [3.05, 3.63) is 51.5 Å². The van der Waals surface area contributed by atoms with Crippen molar-refractivity contribution < 1.29 is 0 Å². The van der Waals surface area contributed by atoms with Gasteiger partial charge in [-0.2, -0.15) is 0 Å². The van der Waals surface area contributed by atoms with Crippen molar-refractivity contribution in [3.63, 3.8) is 0 Å².